The Morgan fingerprint density at radius 3 is 2.33 bits per heavy atom. The lowest BCUT2D eigenvalue weighted by Crippen LogP contribution is -2.66. The quantitative estimate of drug-likeness (QED) is 0.171. The lowest BCUT2D eigenvalue weighted by atomic mass is 9.33. The predicted octanol–water partition coefficient (Wildman–Crippen LogP) is 9.67. The Hall–Kier alpha value is -3.01. The molecule has 5 fully saturated rings. The van der Waals surface area contributed by atoms with Gasteiger partial charge in [0.25, 0.3) is 0 Å². The van der Waals surface area contributed by atoms with Crippen molar-refractivity contribution < 1.29 is 33.8 Å². The van der Waals surface area contributed by atoms with Crippen LogP contribution in [-0.2, 0) is 30.3 Å². The fourth-order valence-electron chi connectivity index (χ4n) is 13.9. The second kappa shape index (κ2) is 14.6. The number of carbonyl (C=O) groups excluding carboxylic acids is 3. The highest BCUT2D eigenvalue weighted by Gasteiger charge is 2.71. The standard InChI is InChI=1S/C46H66ClN3O7/c1-27(2)37-30(51)22-46(34-26-50(40(55)57-34)21-11-10-12-35-48-24-28(47)25-49-35)20-19-44(8)29(38(37)46)13-14-32-43(7)17-16-33(56-36(52)23-41(3,4)39(53)54)42(5,6)31(43)15-18-45(32,44)9/h24-25,27,29,31-34H,10-23,26H2,1-9H3,(H,53,54)/t29-,31+,32-,33+,34-,43+,44-,45-,46+/m1/s1. The molecule has 0 radical (unpaired) electrons. The van der Waals surface area contributed by atoms with Crippen molar-refractivity contribution in [2.75, 3.05) is 13.1 Å². The molecule has 6 aliphatic rings. The van der Waals surface area contributed by atoms with Crippen LogP contribution in [0, 0.1) is 56.2 Å². The summed E-state index contributed by atoms with van der Waals surface area (Å²) < 4.78 is 12.5. The maximum atomic E-state index is 14.2. The number of rotatable bonds is 11. The summed E-state index contributed by atoms with van der Waals surface area (Å²) in [6.45, 7) is 20.7. The summed E-state index contributed by atoms with van der Waals surface area (Å²) in [5, 5.41) is 10.2. The molecule has 57 heavy (non-hydrogen) atoms. The van der Waals surface area contributed by atoms with Gasteiger partial charge >= 0.3 is 18.0 Å². The van der Waals surface area contributed by atoms with Crippen molar-refractivity contribution in [2.45, 2.75) is 158 Å². The molecule has 1 amide bonds. The van der Waals surface area contributed by atoms with E-state index in [1.165, 1.54) is 5.57 Å². The monoisotopic (exact) mass is 807 g/mol. The number of cyclic esters (lactones) is 1. The number of carbonyl (C=O) groups is 4. The van der Waals surface area contributed by atoms with Crippen molar-refractivity contribution in [3.63, 3.8) is 0 Å². The Morgan fingerprint density at radius 1 is 0.965 bits per heavy atom. The third-order valence-corrected chi connectivity index (χ3v) is 17.3. The van der Waals surface area contributed by atoms with Crippen LogP contribution in [0.15, 0.2) is 23.5 Å². The highest BCUT2D eigenvalue weighted by Crippen LogP contribution is 2.77. The van der Waals surface area contributed by atoms with Crippen molar-refractivity contribution in [2.24, 2.45) is 56.2 Å². The number of ether oxygens (including phenoxy) is 2. The Bertz CT molecular complexity index is 1830. The molecular formula is C46H66ClN3O7. The van der Waals surface area contributed by atoms with Crippen LogP contribution in [0.1, 0.15) is 145 Å². The summed E-state index contributed by atoms with van der Waals surface area (Å²) in [5.41, 5.74) is 0.467. The molecule has 0 bridgehead atoms. The van der Waals surface area contributed by atoms with Gasteiger partial charge in [-0.2, -0.15) is 0 Å². The Balaban J connectivity index is 1.11. The second-order valence-electron chi connectivity index (χ2n) is 21.2. The number of hydrogen-bond acceptors (Lipinski definition) is 8. The first-order chi connectivity index (χ1) is 26.6. The zero-order chi connectivity index (χ0) is 41.5. The molecule has 0 unspecified atom stereocenters. The average Bonchev–Trinajstić information content (AvgIpc) is 3.65. The van der Waals surface area contributed by atoms with E-state index < -0.39 is 22.8 Å². The maximum Gasteiger partial charge on any atom is 0.410 e. The molecule has 4 saturated carbocycles. The Morgan fingerprint density at radius 2 is 1.67 bits per heavy atom. The van der Waals surface area contributed by atoms with Gasteiger partial charge in [0.2, 0.25) is 0 Å². The van der Waals surface area contributed by atoms with Gasteiger partial charge in [-0.25, -0.2) is 14.8 Å². The Labute approximate surface area is 344 Å². The number of fused-ring (bicyclic) bond motifs is 7. The van der Waals surface area contributed by atoms with Gasteiger partial charge in [-0.1, -0.05) is 60.1 Å². The lowest BCUT2D eigenvalue weighted by molar-refractivity contribution is -0.234. The molecule has 314 valence electrons. The smallest absolute Gasteiger partial charge is 0.410 e. The van der Waals surface area contributed by atoms with Crippen LogP contribution in [-0.4, -0.2) is 69.1 Å². The molecule has 0 spiro atoms. The number of carboxylic acids is 1. The number of amides is 1. The van der Waals surface area contributed by atoms with Gasteiger partial charge in [0.1, 0.15) is 18.0 Å². The molecular weight excluding hydrogens is 742 g/mol. The SMILES string of the molecule is CC(C)C1=C2[C@H]3CC[C@@H]4[C@@]5(C)CC[C@H](OC(=O)CC(C)(C)C(=O)O)C(C)(C)[C@@H]5CC[C@@]4(C)[C@]3(C)CC[C@@]2([C@H]2CN(CCCCc3ncc(Cl)cn3)C(=O)O2)CC1=O. The number of hydrogen-bond donors (Lipinski definition) is 1. The summed E-state index contributed by atoms with van der Waals surface area (Å²) >= 11 is 5.95. The maximum absolute atomic E-state index is 14.2. The van der Waals surface area contributed by atoms with Crippen molar-refractivity contribution in [3.8, 4) is 0 Å². The van der Waals surface area contributed by atoms with E-state index in [1.807, 2.05) is 4.90 Å². The van der Waals surface area contributed by atoms with E-state index in [1.54, 1.807) is 26.2 Å². The van der Waals surface area contributed by atoms with Crippen LogP contribution in [0.25, 0.3) is 0 Å². The van der Waals surface area contributed by atoms with E-state index in [0.717, 1.165) is 75.6 Å². The number of unbranched alkanes of at least 4 members (excludes halogenated alkanes) is 1. The van der Waals surface area contributed by atoms with Gasteiger partial charge in [0, 0.05) is 42.6 Å². The number of aliphatic carboxylic acids is 1. The molecule has 7 rings (SSSR count). The molecule has 1 saturated heterocycles. The average molecular weight is 809 g/mol. The van der Waals surface area contributed by atoms with E-state index in [9.17, 15) is 24.3 Å². The number of halogens is 1. The number of nitrogens with zero attached hydrogens (tertiary/aromatic N) is 3. The number of esters is 1. The van der Waals surface area contributed by atoms with Crippen molar-refractivity contribution in [1.29, 1.82) is 0 Å². The fraction of sp³-hybridized carbons (Fsp3) is 0.783. The highest BCUT2D eigenvalue weighted by molar-refractivity contribution is 6.30. The number of allylic oxidation sites excluding steroid dienone is 1. The third-order valence-electron chi connectivity index (χ3n) is 17.1. The lowest BCUT2D eigenvalue weighted by Gasteiger charge is -2.72. The summed E-state index contributed by atoms with van der Waals surface area (Å²) in [5.74, 6) is 0.722. The van der Waals surface area contributed by atoms with Gasteiger partial charge in [0.15, 0.2) is 5.78 Å². The number of aromatic nitrogens is 2. The molecule has 0 aromatic carbocycles. The van der Waals surface area contributed by atoms with E-state index >= 15 is 0 Å². The van der Waals surface area contributed by atoms with E-state index in [0.29, 0.717) is 42.8 Å². The summed E-state index contributed by atoms with van der Waals surface area (Å²) in [7, 11) is 0. The van der Waals surface area contributed by atoms with Crippen LogP contribution in [0.4, 0.5) is 4.79 Å². The van der Waals surface area contributed by atoms with Gasteiger partial charge in [-0.3, -0.25) is 14.4 Å². The predicted molar refractivity (Wildman–Crippen MR) is 217 cm³/mol. The van der Waals surface area contributed by atoms with Crippen LogP contribution in [0.2, 0.25) is 5.02 Å². The summed E-state index contributed by atoms with van der Waals surface area (Å²) in [6.07, 6.45) is 12.8. The number of carboxylic acid groups (broad SMARTS) is 1. The van der Waals surface area contributed by atoms with E-state index in [-0.39, 0.29) is 64.0 Å². The van der Waals surface area contributed by atoms with Gasteiger partial charge in [-0.05, 0) is 129 Å². The minimum absolute atomic E-state index is 0.0323. The van der Waals surface area contributed by atoms with E-state index in [4.69, 9.17) is 21.1 Å². The first-order valence-corrected chi connectivity index (χ1v) is 22.1. The fourth-order valence-corrected chi connectivity index (χ4v) is 14.0. The topological polar surface area (TPSA) is 136 Å². The molecule has 2 heterocycles. The zero-order valence-corrected chi connectivity index (χ0v) is 36.6. The zero-order valence-electron chi connectivity index (χ0n) is 35.8. The largest absolute Gasteiger partial charge is 0.481 e. The normalized spacial score (nSPS) is 37.3. The minimum Gasteiger partial charge on any atom is -0.481 e. The van der Waals surface area contributed by atoms with Crippen LogP contribution in [0.3, 0.4) is 0 Å². The van der Waals surface area contributed by atoms with Gasteiger partial charge < -0.3 is 19.5 Å². The molecule has 5 aliphatic carbocycles. The first-order valence-electron chi connectivity index (χ1n) is 21.7. The summed E-state index contributed by atoms with van der Waals surface area (Å²) in [6, 6.07) is 0. The third kappa shape index (κ3) is 6.74. The Kier molecular flexibility index (Phi) is 10.8. The van der Waals surface area contributed by atoms with Crippen molar-refractivity contribution in [1.82, 2.24) is 14.9 Å². The highest BCUT2D eigenvalue weighted by atomic mass is 35.5. The number of ketones is 1. The van der Waals surface area contributed by atoms with E-state index in [2.05, 4.69) is 58.4 Å². The van der Waals surface area contributed by atoms with Gasteiger partial charge in [0.05, 0.1) is 23.4 Å². The van der Waals surface area contributed by atoms with Gasteiger partial charge in [-0.15, -0.1) is 0 Å². The molecule has 9 atom stereocenters. The summed E-state index contributed by atoms with van der Waals surface area (Å²) in [4.78, 5) is 63.1. The van der Waals surface area contributed by atoms with Crippen LogP contribution < -0.4 is 0 Å². The minimum atomic E-state index is -1.18. The molecule has 1 aromatic rings. The van der Waals surface area contributed by atoms with Crippen molar-refractivity contribution >= 4 is 35.4 Å². The first kappa shape index (κ1) is 42.1. The molecule has 1 N–H and O–H groups in total. The number of Topliss-reactive ketones (excluding diaryl/α,β-unsaturated/α-hetero) is 1. The second-order valence-corrected chi connectivity index (χ2v) is 21.6. The molecule has 10 nitrogen and oxygen atoms in total. The molecule has 1 aliphatic heterocycles. The molecule has 11 heteroatoms. The number of aryl methyl sites for hydroxylation is 1. The van der Waals surface area contributed by atoms with Crippen LogP contribution in [0.5, 0.6) is 0 Å². The van der Waals surface area contributed by atoms with Crippen LogP contribution >= 0.6 is 11.6 Å². The van der Waals surface area contributed by atoms with Crippen molar-refractivity contribution in [3.05, 3.63) is 34.4 Å². The molecule has 1 aromatic heterocycles.